The standard InChI is InChI=1S/C26H40O8/c1-5-6-9-12-21(32-18(2)27)15-16-23-22(13-10-7-8-11-14-26(30)31)24(33-19(3)28)17-25(23)34-20(4)29/h7,10,15-16,21-25H,5-6,8-9,11-14,17H2,1-4H3,(H,30,31)/b10-7-,16-15+/t21-,22+,23+,24-,25+/m0/s1. The van der Waals surface area contributed by atoms with Crippen LogP contribution in [0, 0.1) is 11.8 Å². The van der Waals surface area contributed by atoms with E-state index in [0.717, 1.165) is 19.3 Å². The number of carbonyl (C=O) groups excluding carboxylic acids is 3. The summed E-state index contributed by atoms with van der Waals surface area (Å²) in [5.41, 5.74) is 0. The van der Waals surface area contributed by atoms with E-state index in [9.17, 15) is 19.2 Å². The number of esters is 3. The highest BCUT2D eigenvalue weighted by Crippen LogP contribution is 2.40. The average Bonchev–Trinajstić information content (AvgIpc) is 3.02. The minimum atomic E-state index is -0.824. The topological polar surface area (TPSA) is 116 Å². The van der Waals surface area contributed by atoms with Crippen molar-refractivity contribution in [3.05, 3.63) is 24.3 Å². The molecule has 0 aromatic rings. The molecular formula is C26H40O8. The maximum absolute atomic E-state index is 11.7. The van der Waals surface area contributed by atoms with Crippen molar-refractivity contribution in [2.24, 2.45) is 11.8 Å². The molecule has 1 aliphatic carbocycles. The van der Waals surface area contributed by atoms with Gasteiger partial charge < -0.3 is 19.3 Å². The van der Waals surface area contributed by atoms with Crippen molar-refractivity contribution < 1.29 is 38.5 Å². The van der Waals surface area contributed by atoms with Gasteiger partial charge in [0, 0.05) is 45.4 Å². The van der Waals surface area contributed by atoms with Gasteiger partial charge in [-0.3, -0.25) is 19.2 Å². The number of unbranched alkanes of at least 4 members (excludes halogenated alkanes) is 3. The van der Waals surface area contributed by atoms with E-state index in [1.807, 2.05) is 24.3 Å². The van der Waals surface area contributed by atoms with E-state index in [2.05, 4.69) is 6.92 Å². The second-order valence-corrected chi connectivity index (χ2v) is 8.79. The van der Waals surface area contributed by atoms with E-state index < -0.39 is 30.1 Å². The predicted molar refractivity (Wildman–Crippen MR) is 127 cm³/mol. The smallest absolute Gasteiger partial charge is 0.303 e. The van der Waals surface area contributed by atoms with Crippen molar-refractivity contribution in [1.82, 2.24) is 0 Å². The van der Waals surface area contributed by atoms with E-state index in [4.69, 9.17) is 19.3 Å². The molecule has 0 aromatic carbocycles. The van der Waals surface area contributed by atoms with Gasteiger partial charge in [-0.25, -0.2) is 0 Å². The van der Waals surface area contributed by atoms with E-state index in [0.29, 0.717) is 32.1 Å². The molecule has 1 fully saturated rings. The lowest BCUT2D eigenvalue weighted by Gasteiger charge is -2.23. The molecule has 1 saturated carbocycles. The van der Waals surface area contributed by atoms with E-state index in [-0.39, 0.29) is 30.3 Å². The molecule has 0 spiro atoms. The lowest BCUT2D eigenvalue weighted by atomic mass is 9.89. The zero-order chi connectivity index (χ0) is 25.5. The number of rotatable bonds is 15. The summed E-state index contributed by atoms with van der Waals surface area (Å²) < 4.78 is 16.6. The van der Waals surface area contributed by atoms with Gasteiger partial charge >= 0.3 is 23.9 Å². The molecule has 0 unspecified atom stereocenters. The normalized spacial score (nSPS) is 23.2. The van der Waals surface area contributed by atoms with Crippen LogP contribution in [0.3, 0.4) is 0 Å². The average molecular weight is 481 g/mol. The molecular weight excluding hydrogens is 440 g/mol. The Morgan fingerprint density at radius 1 is 0.941 bits per heavy atom. The lowest BCUT2D eigenvalue weighted by molar-refractivity contribution is -0.149. The van der Waals surface area contributed by atoms with Gasteiger partial charge in [0.05, 0.1) is 0 Å². The van der Waals surface area contributed by atoms with Gasteiger partial charge in [-0.1, -0.05) is 38.0 Å². The molecule has 0 heterocycles. The summed E-state index contributed by atoms with van der Waals surface area (Å²) in [6, 6.07) is 0. The highest BCUT2D eigenvalue weighted by atomic mass is 16.6. The van der Waals surface area contributed by atoms with Crippen LogP contribution in [-0.2, 0) is 33.4 Å². The number of carbonyl (C=O) groups is 4. The summed E-state index contributed by atoms with van der Waals surface area (Å²) in [4.78, 5) is 45.7. The maximum atomic E-state index is 11.7. The number of carboxylic acid groups (broad SMARTS) is 1. The van der Waals surface area contributed by atoms with Crippen molar-refractivity contribution in [1.29, 1.82) is 0 Å². The van der Waals surface area contributed by atoms with Crippen LogP contribution in [0.15, 0.2) is 24.3 Å². The highest BCUT2D eigenvalue weighted by Gasteiger charge is 2.45. The maximum Gasteiger partial charge on any atom is 0.303 e. The Balaban J connectivity index is 3.05. The molecule has 192 valence electrons. The van der Waals surface area contributed by atoms with Crippen LogP contribution in [0.2, 0.25) is 0 Å². The fourth-order valence-electron chi connectivity index (χ4n) is 4.35. The quantitative estimate of drug-likeness (QED) is 0.154. The Labute approximate surface area is 202 Å². The first kappa shape index (κ1) is 29.4. The molecule has 5 atom stereocenters. The van der Waals surface area contributed by atoms with Crippen molar-refractivity contribution in [3.63, 3.8) is 0 Å². The lowest BCUT2D eigenvalue weighted by Crippen LogP contribution is -2.25. The number of aliphatic carboxylic acids is 1. The summed E-state index contributed by atoms with van der Waals surface area (Å²) >= 11 is 0. The first-order valence-electron chi connectivity index (χ1n) is 12.2. The molecule has 0 amide bonds. The zero-order valence-electron chi connectivity index (χ0n) is 20.9. The van der Waals surface area contributed by atoms with Gasteiger partial charge in [0.1, 0.15) is 18.3 Å². The van der Waals surface area contributed by atoms with E-state index in [1.165, 1.54) is 20.8 Å². The summed E-state index contributed by atoms with van der Waals surface area (Å²) in [5, 5.41) is 8.77. The summed E-state index contributed by atoms with van der Waals surface area (Å²) in [6.45, 7) is 6.19. The van der Waals surface area contributed by atoms with Gasteiger partial charge in [-0.15, -0.1) is 0 Å². The van der Waals surface area contributed by atoms with Crippen LogP contribution in [0.4, 0.5) is 0 Å². The number of carboxylic acids is 1. The summed E-state index contributed by atoms with van der Waals surface area (Å²) in [5.74, 6) is -2.34. The third-order valence-corrected chi connectivity index (χ3v) is 5.79. The van der Waals surface area contributed by atoms with Gasteiger partial charge in [0.2, 0.25) is 0 Å². The third-order valence-electron chi connectivity index (χ3n) is 5.79. The van der Waals surface area contributed by atoms with Crippen LogP contribution in [0.5, 0.6) is 0 Å². The second-order valence-electron chi connectivity index (χ2n) is 8.79. The van der Waals surface area contributed by atoms with Crippen LogP contribution in [0.25, 0.3) is 0 Å². The molecule has 1 rings (SSSR count). The molecule has 0 bridgehead atoms. The zero-order valence-corrected chi connectivity index (χ0v) is 20.9. The van der Waals surface area contributed by atoms with Crippen LogP contribution < -0.4 is 0 Å². The number of ether oxygens (including phenoxy) is 3. The molecule has 0 saturated heterocycles. The van der Waals surface area contributed by atoms with Gasteiger partial charge in [-0.05, 0) is 38.2 Å². The molecule has 0 aliphatic heterocycles. The van der Waals surface area contributed by atoms with E-state index >= 15 is 0 Å². The molecule has 34 heavy (non-hydrogen) atoms. The fourth-order valence-corrected chi connectivity index (χ4v) is 4.35. The first-order valence-corrected chi connectivity index (χ1v) is 12.2. The van der Waals surface area contributed by atoms with Crippen LogP contribution in [-0.4, -0.2) is 47.3 Å². The predicted octanol–water partition coefficient (Wildman–Crippen LogP) is 4.76. The van der Waals surface area contributed by atoms with Crippen molar-refractivity contribution in [3.8, 4) is 0 Å². The Morgan fingerprint density at radius 3 is 2.21 bits per heavy atom. The van der Waals surface area contributed by atoms with Gasteiger partial charge in [-0.2, -0.15) is 0 Å². The van der Waals surface area contributed by atoms with Crippen LogP contribution >= 0.6 is 0 Å². The molecule has 0 radical (unpaired) electrons. The van der Waals surface area contributed by atoms with E-state index in [1.54, 1.807) is 0 Å². The Morgan fingerprint density at radius 2 is 1.62 bits per heavy atom. The summed E-state index contributed by atoms with van der Waals surface area (Å²) in [7, 11) is 0. The second kappa shape index (κ2) is 16.1. The van der Waals surface area contributed by atoms with Crippen molar-refractivity contribution in [2.75, 3.05) is 0 Å². The largest absolute Gasteiger partial charge is 0.481 e. The molecule has 8 heteroatoms. The number of allylic oxidation sites excluding steroid dienone is 2. The van der Waals surface area contributed by atoms with Crippen molar-refractivity contribution >= 4 is 23.9 Å². The first-order chi connectivity index (χ1) is 16.1. The van der Waals surface area contributed by atoms with Gasteiger partial charge in [0.15, 0.2) is 0 Å². The minimum absolute atomic E-state index is 0.110. The molecule has 1 aliphatic rings. The minimum Gasteiger partial charge on any atom is -0.481 e. The highest BCUT2D eigenvalue weighted by molar-refractivity contribution is 5.67. The molecule has 8 nitrogen and oxygen atoms in total. The number of hydrogen-bond donors (Lipinski definition) is 1. The Kier molecular flexibility index (Phi) is 13.9. The SMILES string of the molecule is CCCCC[C@@H](/C=C/[C@@H]1[C@@H](C/C=C\CCCC(=O)O)[C@@H](OC(C)=O)C[C@H]1OC(C)=O)OC(C)=O. The fraction of sp³-hybridized carbons (Fsp3) is 0.692. The molecule has 1 N–H and O–H groups in total. The van der Waals surface area contributed by atoms with Crippen LogP contribution in [0.1, 0.15) is 85.5 Å². The Bertz CT molecular complexity index is 726. The third kappa shape index (κ3) is 12.0. The summed E-state index contributed by atoms with van der Waals surface area (Å²) in [6.07, 6.45) is 12.4. The molecule has 0 aromatic heterocycles. The Hall–Kier alpha value is -2.64. The monoisotopic (exact) mass is 480 g/mol. The van der Waals surface area contributed by atoms with Gasteiger partial charge in [0.25, 0.3) is 0 Å². The number of hydrogen-bond acceptors (Lipinski definition) is 7. The van der Waals surface area contributed by atoms with Crippen molar-refractivity contribution in [2.45, 2.75) is 104 Å².